The predicted octanol–water partition coefficient (Wildman–Crippen LogP) is 3.03. The van der Waals surface area contributed by atoms with Crippen molar-refractivity contribution in [2.45, 2.75) is 39.4 Å². The molecule has 2 amide bonds. The second-order valence-electron chi connectivity index (χ2n) is 6.89. The van der Waals surface area contributed by atoms with Gasteiger partial charge in [0.1, 0.15) is 11.0 Å². The van der Waals surface area contributed by atoms with Crippen LogP contribution in [0.5, 0.6) is 5.75 Å². The van der Waals surface area contributed by atoms with Crippen molar-refractivity contribution < 1.29 is 14.3 Å². The smallest absolute Gasteiger partial charge is 0.240 e. The Hall–Kier alpha value is -2.35. The lowest BCUT2D eigenvalue weighted by atomic mass is 9.91. The molecular weight excluding hydrogens is 352 g/mol. The van der Waals surface area contributed by atoms with Crippen LogP contribution >= 0.6 is 11.8 Å². The molecule has 1 unspecified atom stereocenters. The van der Waals surface area contributed by atoms with Crippen LogP contribution < -0.4 is 15.4 Å². The Morgan fingerprint density at radius 2 is 2.04 bits per heavy atom. The summed E-state index contributed by atoms with van der Waals surface area (Å²) in [4.78, 5) is 24.3. The van der Waals surface area contributed by atoms with E-state index in [1.54, 1.807) is 18.2 Å². The van der Waals surface area contributed by atoms with E-state index in [0.717, 1.165) is 5.71 Å². The highest BCUT2D eigenvalue weighted by molar-refractivity contribution is 8.15. The van der Waals surface area contributed by atoms with Gasteiger partial charge in [-0.15, -0.1) is 5.10 Å². The highest BCUT2D eigenvalue weighted by Gasteiger charge is 2.32. The van der Waals surface area contributed by atoms with Gasteiger partial charge in [-0.2, -0.15) is 5.10 Å². The molecule has 2 rings (SSSR count). The van der Waals surface area contributed by atoms with Gasteiger partial charge in [-0.1, -0.05) is 44.7 Å². The Morgan fingerprint density at radius 1 is 1.35 bits per heavy atom. The molecule has 1 aromatic carbocycles. The standard InChI is InChI=1S/C18H24N4O3S/c1-11(18(2,3)4)21-22-17-20-16(24)14(26-17)10-15(23)19-12-8-6-7-9-13(12)25-5/h6-9,14H,10H2,1-5H3,(H,19,23)(H,20,22,24)/b21-11+. The summed E-state index contributed by atoms with van der Waals surface area (Å²) in [5.41, 5.74) is 1.34. The van der Waals surface area contributed by atoms with E-state index in [-0.39, 0.29) is 23.7 Å². The summed E-state index contributed by atoms with van der Waals surface area (Å²) >= 11 is 1.21. The van der Waals surface area contributed by atoms with Crippen LogP contribution in [0.4, 0.5) is 5.69 Å². The normalized spacial score (nSPS) is 19.4. The predicted molar refractivity (Wildman–Crippen MR) is 106 cm³/mol. The van der Waals surface area contributed by atoms with Crippen molar-refractivity contribution >= 4 is 40.1 Å². The van der Waals surface area contributed by atoms with Gasteiger partial charge in [-0.05, 0) is 19.1 Å². The molecule has 1 aromatic rings. The number of hydrogen-bond acceptors (Lipinski definition) is 6. The van der Waals surface area contributed by atoms with Crippen LogP contribution in [-0.2, 0) is 9.59 Å². The number of methoxy groups -OCH3 is 1. The Morgan fingerprint density at radius 3 is 2.69 bits per heavy atom. The highest BCUT2D eigenvalue weighted by atomic mass is 32.2. The zero-order valence-electron chi connectivity index (χ0n) is 15.6. The van der Waals surface area contributed by atoms with Gasteiger partial charge in [0.25, 0.3) is 0 Å². The van der Waals surface area contributed by atoms with E-state index in [1.165, 1.54) is 18.9 Å². The molecule has 1 heterocycles. The lowest BCUT2D eigenvalue weighted by Gasteiger charge is -2.16. The molecule has 1 aliphatic rings. The molecule has 0 aliphatic carbocycles. The minimum atomic E-state index is -0.534. The lowest BCUT2D eigenvalue weighted by Crippen LogP contribution is -2.28. The zero-order chi connectivity index (χ0) is 19.3. The molecule has 1 fully saturated rings. The minimum Gasteiger partial charge on any atom is -0.495 e. The van der Waals surface area contributed by atoms with Crippen molar-refractivity contribution in [3.05, 3.63) is 24.3 Å². The van der Waals surface area contributed by atoms with E-state index in [1.807, 2.05) is 33.8 Å². The van der Waals surface area contributed by atoms with Crippen molar-refractivity contribution in [1.29, 1.82) is 0 Å². The molecule has 1 aliphatic heterocycles. The third-order valence-electron chi connectivity index (χ3n) is 3.90. The molecule has 0 radical (unpaired) electrons. The maximum Gasteiger partial charge on any atom is 0.240 e. The highest BCUT2D eigenvalue weighted by Crippen LogP contribution is 2.26. The number of anilines is 1. The molecule has 0 spiro atoms. The van der Waals surface area contributed by atoms with E-state index in [4.69, 9.17) is 4.74 Å². The number of benzene rings is 1. The molecule has 140 valence electrons. The quantitative estimate of drug-likeness (QED) is 0.610. The number of carbonyl (C=O) groups is 2. The summed E-state index contributed by atoms with van der Waals surface area (Å²) in [5.74, 6) is 0.0592. The molecule has 0 aromatic heterocycles. The summed E-state index contributed by atoms with van der Waals surface area (Å²) in [6.07, 6.45) is 0.0372. The Labute approximate surface area is 157 Å². The van der Waals surface area contributed by atoms with Crippen LogP contribution in [0.15, 0.2) is 34.5 Å². The number of amidine groups is 1. The fourth-order valence-corrected chi connectivity index (χ4v) is 2.89. The average Bonchev–Trinajstić information content (AvgIpc) is 2.91. The van der Waals surface area contributed by atoms with Crippen LogP contribution in [0.25, 0.3) is 0 Å². The second-order valence-corrected chi connectivity index (χ2v) is 8.08. The van der Waals surface area contributed by atoms with Crippen LogP contribution in [0.3, 0.4) is 0 Å². The first-order valence-corrected chi connectivity index (χ1v) is 9.12. The fourth-order valence-electron chi connectivity index (χ4n) is 1.97. The Kier molecular flexibility index (Phi) is 6.42. The maximum absolute atomic E-state index is 12.3. The molecular formula is C18H24N4O3S. The Balaban J connectivity index is 1.98. The lowest BCUT2D eigenvalue weighted by molar-refractivity contribution is -0.122. The topological polar surface area (TPSA) is 92.2 Å². The van der Waals surface area contributed by atoms with Crippen LogP contribution in [0.2, 0.25) is 0 Å². The maximum atomic E-state index is 12.3. The van der Waals surface area contributed by atoms with Gasteiger partial charge >= 0.3 is 0 Å². The number of nitrogens with zero attached hydrogens (tertiary/aromatic N) is 2. The first kappa shape index (κ1) is 20.0. The third kappa shape index (κ3) is 5.32. The number of ether oxygens (including phenoxy) is 1. The summed E-state index contributed by atoms with van der Waals surface area (Å²) in [6, 6.07) is 7.12. The second kappa shape index (κ2) is 8.35. The van der Waals surface area contributed by atoms with Crippen molar-refractivity contribution in [3.63, 3.8) is 0 Å². The number of hydrogen-bond donors (Lipinski definition) is 2. The largest absolute Gasteiger partial charge is 0.495 e. The van der Waals surface area contributed by atoms with E-state index in [0.29, 0.717) is 16.6 Å². The van der Waals surface area contributed by atoms with Crippen molar-refractivity contribution in [2.75, 3.05) is 12.4 Å². The first-order valence-electron chi connectivity index (χ1n) is 8.24. The van der Waals surface area contributed by atoms with Crippen LogP contribution in [0, 0.1) is 5.41 Å². The molecule has 0 bridgehead atoms. The van der Waals surface area contributed by atoms with Gasteiger partial charge in [-0.3, -0.25) is 9.59 Å². The molecule has 26 heavy (non-hydrogen) atoms. The van der Waals surface area contributed by atoms with Gasteiger partial charge in [-0.25, -0.2) is 0 Å². The first-order chi connectivity index (χ1) is 12.2. The SMILES string of the molecule is COc1ccccc1NC(=O)CC1S/C(=N\N=C(/C)C(C)(C)C)NC1=O. The number of carbonyl (C=O) groups excluding carboxylic acids is 2. The summed E-state index contributed by atoms with van der Waals surface area (Å²) in [5, 5.41) is 13.6. The molecule has 8 heteroatoms. The van der Waals surface area contributed by atoms with Gasteiger partial charge < -0.3 is 15.4 Å². The monoisotopic (exact) mass is 376 g/mol. The van der Waals surface area contributed by atoms with E-state index in [2.05, 4.69) is 20.8 Å². The van der Waals surface area contributed by atoms with E-state index < -0.39 is 5.25 Å². The van der Waals surface area contributed by atoms with Gasteiger partial charge in [0.2, 0.25) is 11.8 Å². The van der Waals surface area contributed by atoms with Crippen molar-refractivity contribution in [2.24, 2.45) is 15.6 Å². The molecule has 2 N–H and O–H groups in total. The van der Waals surface area contributed by atoms with E-state index >= 15 is 0 Å². The van der Waals surface area contributed by atoms with Gasteiger partial charge in [0.05, 0.1) is 12.8 Å². The molecule has 7 nitrogen and oxygen atoms in total. The fraction of sp³-hybridized carbons (Fsp3) is 0.444. The van der Waals surface area contributed by atoms with Gasteiger partial charge in [0, 0.05) is 17.5 Å². The number of thioether (sulfide) groups is 1. The number of rotatable bonds is 5. The third-order valence-corrected chi connectivity index (χ3v) is 4.98. The minimum absolute atomic E-state index is 0.0372. The summed E-state index contributed by atoms with van der Waals surface area (Å²) in [7, 11) is 1.54. The number of para-hydroxylation sites is 2. The zero-order valence-corrected chi connectivity index (χ0v) is 16.4. The van der Waals surface area contributed by atoms with Gasteiger partial charge in [0.15, 0.2) is 5.17 Å². The molecule has 1 atom stereocenters. The van der Waals surface area contributed by atoms with Crippen molar-refractivity contribution in [3.8, 4) is 5.75 Å². The number of nitrogens with one attached hydrogen (secondary N) is 2. The van der Waals surface area contributed by atoms with Crippen LogP contribution in [-0.4, -0.2) is 35.1 Å². The summed E-state index contributed by atoms with van der Waals surface area (Å²) in [6.45, 7) is 8.01. The summed E-state index contributed by atoms with van der Waals surface area (Å²) < 4.78 is 5.20. The van der Waals surface area contributed by atoms with E-state index in [9.17, 15) is 9.59 Å². The molecule has 1 saturated heterocycles. The Bertz CT molecular complexity index is 753. The molecule has 0 saturated carbocycles. The number of amides is 2. The van der Waals surface area contributed by atoms with Crippen molar-refractivity contribution in [1.82, 2.24) is 5.32 Å². The average molecular weight is 376 g/mol. The van der Waals surface area contributed by atoms with Crippen LogP contribution in [0.1, 0.15) is 34.1 Å².